The molecule has 3 rings (SSSR count). The first-order valence-electron chi connectivity index (χ1n) is 9.57. The number of carbonyl (C=O) groups excluding carboxylic acids is 2. The lowest BCUT2D eigenvalue weighted by Crippen LogP contribution is -2.36. The van der Waals surface area contributed by atoms with E-state index in [-0.39, 0.29) is 5.91 Å². The van der Waals surface area contributed by atoms with E-state index in [1.807, 2.05) is 31.2 Å². The van der Waals surface area contributed by atoms with Crippen LogP contribution in [0.5, 0.6) is 0 Å². The maximum absolute atomic E-state index is 12.6. The molecule has 5 heteroatoms. The quantitative estimate of drug-likeness (QED) is 0.617. The second-order valence-electron chi connectivity index (χ2n) is 7.03. The van der Waals surface area contributed by atoms with Crippen molar-refractivity contribution < 1.29 is 14.3 Å². The number of benzene rings is 1. The van der Waals surface area contributed by atoms with Crippen molar-refractivity contribution >= 4 is 22.8 Å². The molecule has 0 unspecified atom stereocenters. The fourth-order valence-corrected chi connectivity index (χ4v) is 3.38. The number of nitrogens with zero attached hydrogens (tertiary/aromatic N) is 1. The smallest absolute Gasteiger partial charge is 0.339 e. The fraction of sp³-hybridized carbons (Fsp3) is 0.409. The van der Waals surface area contributed by atoms with Crippen LogP contribution in [0.25, 0.3) is 10.9 Å². The van der Waals surface area contributed by atoms with E-state index in [0.29, 0.717) is 12.1 Å². The predicted octanol–water partition coefficient (Wildman–Crippen LogP) is 4.10. The van der Waals surface area contributed by atoms with Gasteiger partial charge in [-0.3, -0.25) is 9.78 Å². The molecule has 1 aliphatic rings. The molecule has 0 bridgehead atoms. The van der Waals surface area contributed by atoms with Crippen LogP contribution in [0.15, 0.2) is 42.0 Å². The van der Waals surface area contributed by atoms with Gasteiger partial charge in [0.1, 0.15) is 0 Å². The normalized spacial score (nSPS) is 15.1. The number of amides is 1. The highest BCUT2D eigenvalue weighted by Crippen LogP contribution is 2.20. The molecule has 2 aromatic rings. The van der Waals surface area contributed by atoms with E-state index in [2.05, 4.69) is 16.4 Å². The number of hydrogen-bond acceptors (Lipinski definition) is 4. The number of aromatic nitrogens is 1. The van der Waals surface area contributed by atoms with E-state index >= 15 is 0 Å². The molecule has 0 aliphatic heterocycles. The lowest BCUT2D eigenvalue weighted by Gasteiger charge is -2.16. The maximum Gasteiger partial charge on any atom is 0.339 e. The third-order valence-electron chi connectivity index (χ3n) is 4.85. The summed E-state index contributed by atoms with van der Waals surface area (Å²) in [7, 11) is 0. The number of allylic oxidation sites excluding steroid dienone is 1. The summed E-state index contributed by atoms with van der Waals surface area (Å²) in [4.78, 5) is 29.3. The molecule has 27 heavy (non-hydrogen) atoms. The lowest BCUT2D eigenvalue weighted by molar-refractivity contribution is -0.129. The Kier molecular flexibility index (Phi) is 6.22. The molecule has 142 valence electrons. The Balaban J connectivity index is 1.58. The van der Waals surface area contributed by atoms with E-state index < -0.39 is 12.1 Å². The first kappa shape index (κ1) is 19.1. The summed E-state index contributed by atoms with van der Waals surface area (Å²) in [5.74, 6) is -0.774. The minimum atomic E-state index is -0.843. The zero-order valence-corrected chi connectivity index (χ0v) is 16.0. The largest absolute Gasteiger partial charge is 0.449 e. The summed E-state index contributed by atoms with van der Waals surface area (Å²) in [5, 5.41) is 3.59. The first-order valence-corrected chi connectivity index (χ1v) is 9.57. The zero-order chi connectivity index (χ0) is 19.2. The van der Waals surface area contributed by atoms with Gasteiger partial charge in [0.05, 0.1) is 11.1 Å². The van der Waals surface area contributed by atoms with Crippen LogP contribution in [0, 0.1) is 6.92 Å². The van der Waals surface area contributed by atoms with Crippen LogP contribution in [-0.4, -0.2) is 29.5 Å². The van der Waals surface area contributed by atoms with Crippen molar-refractivity contribution in [2.45, 2.75) is 52.1 Å². The van der Waals surface area contributed by atoms with Crippen molar-refractivity contribution in [3.8, 4) is 0 Å². The van der Waals surface area contributed by atoms with Gasteiger partial charge in [-0.05, 0) is 58.1 Å². The highest BCUT2D eigenvalue weighted by molar-refractivity contribution is 6.04. The lowest BCUT2D eigenvalue weighted by atomic mass is 9.97. The Bertz CT molecular complexity index is 873. The number of aryl methyl sites for hydroxylation is 1. The molecule has 1 atom stereocenters. The summed E-state index contributed by atoms with van der Waals surface area (Å²) >= 11 is 0. The van der Waals surface area contributed by atoms with Gasteiger partial charge >= 0.3 is 5.97 Å². The monoisotopic (exact) mass is 366 g/mol. The molecule has 0 spiro atoms. The van der Waals surface area contributed by atoms with Crippen LogP contribution in [0.3, 0.4) is 0 Å². The summed E-state index contributed by atoms with van der Waals surface area (Å²) in [5.41, 5.74) is 3.32. The van der Waals surface area contributed by atoms with Gasteiger partial charge in [0, 0.05) is 17.6 Å². The topological polar surface area (TPSA) is 68.3 Å². The molecule has 1 N–H and O–H groups in total. The van der Waals surface area contributed by atoms with Crippen LogP contribution in [0.2, 0.25) is 0 Å². The van der Waals surface area contributed by atoms with Gasteiger partial charge in [0.15, 0.2) is 6.10 Å². The molecule has 1 aromatic carbocycles. The maximum atomic E-state index is 12.6. The minimum Gasteiger partial charge on any atom is -0.449 e. The Morgan fingerprint density at radius 1 is 1.26 bits per heavy atom. The summed E-state index contributed by atoms with van der Waals surface area (Å²) < 4.78 is 5.41. The van der Waals surface area contributed by atoms with Crippen molar-refractivity contribution in [1.29, 1.82) is 0 Å². The van der Waals surface area contributed by atoms with E-state index in [9.17, 15) is 9.59 Å². The van der Waals surface area contributed by atoms with Crippen molar-refractivity contribution in [3.63, 3.8) is 0 Å². The standard InChI is InChI=1S/C22H26N2O3/c1-15-14-19(18-10-6-7-11-20(18)24-15)22(26)27-16(2)21(25)23-13-12-17-8-4-3-5-9-17/h6-8,10-11,14,16H,3-5,9,12-13H2,1-2H3,(H,23,25)/t16-/m1/s1. The summed E-state index contributed by atoms with van der Waals surface area (Å²) in [6.07, 6.45) is 7.03. The van der Waals surface area contributed by atoms with Crippen molar-refractivity contribution in [2.75, 3.05) is 6.54 Å². The molecule has 5 nitrogen and oxygen atoms in total. The highest BCUT2D eigenvalue weighted by atomic mass is 16.5. The number of para-hydroxylation sites is 1. The average molecular weight is 366 g/mol. The number of rotatable bonds is 6. The van der Waals surface area contributed by atoms with Crippen molar-refractivity contribution in [1.82, 2.24) is 10.3 Å². The van der Waals surface area contributed by atoms with Crippen molar-refractivity contribution in [2.24, 2.45) is 0 Å². The van der Waals surface area contributed by atoms with Gasteiger partial charge in [-0.25, -0.2) is 4.79 Å². The zero-order valence-electron chi connectivity index (χ0n) is 16.0. The van der Waals surface area contributed by atoms with Crippen LogP contribution in [0.1, 0.15) is 55.1 Å². The van der Waals surface area contributed by atoms with Crippen LogP contribution < -0.4 is 5.32 Å². The number of carbonyl (C=O) groups is 2. The van der Waals surface area contributed by atoms with Gasteiger partial charge in [0.2, 0.25) is 0 Å². The SMILES string of the molecule is Cc1cc(C(=O)O[C@H](C)C(=O)NCCC2=CCCCC2)c2ccccc2n1. The number of fused-ring (bicyclic) bond motifs is 1. The average Bonchev–Trinajstić information content (AvgIpc) is 2.67. The van der Waals surface area contributed by atoms with E-state index in [0.717, 1.165) is 35.9 Å². The molecule has 1 heterocycles. The van der Waals surface area contributed by atoms with Crippen molar-refractivity contribution in [3.05, 3.63) is 53.2 Å². The van der Waals surface area contributed by atoms with Crippen LogP contribution >= 0.6 is 0 Å². The number of nitrogens with one attached hydrogen (secondary N) is 1. The molecule has 0 fully saturated rings. The minimum absolute atomic E-state index is 0.269. The molecule has 1 aliphatic carbocycles. The number of ether oxygens (including phenoxy) is 1. The summed E-state index contributed by atoms with van der Waals surface area (Å²) in [6, 6.07) is 9.12. The third kappa shape index (κ3) is 4.94. The van der Waals surface area contributed by atoms with E-state index in [1.165, 1.54) is 18.4 Å². The molecule has 0 saturated carbocycles. The number of esters is 1. The number of hydrogen-bond donors (Lipinski definition) is 1. The van der Waals surface area contributed by atoms with E-state index in [1.54, 1.807) is 13.0 Å². The first-order chi connectivity index (χ1) is 13.0. The molecule has 1 amide bonds. The van der Waals surface area contributed by atoms with Gasteiger partial charge in [-0.2, -0.15) is 0 Å². The predicted molar refractivity (Wildman–Crippen MR) is 106 cm³/mol. The van der Waals surface area contributed by atoms with Crippen LogP contribution in [0.4, 0.5) is 0 Å². The molecular formula is C22H26N2O3. The second-order valence-corrected chi connectivity index (χ2v) is 7.03. The summed E-state index contributed by atoms with van der Waals surface area (Å²) in [6.45, 7) is 4.01. The Morgan fingerprint density at radius 3 is 2.85 bits per heavy atom. The van der Waals surface area contributed by atoms with E-state index in [4.69, 9.17) is 4.74 Å². The highest BCUT2D eigenvalue weighted by Gasteiger charge is 2.20. The Labute approximate surface area is 159 Å². The van der Waals surface area contributed by atoms with Gasteiger partial charge in [0.25, 0.3) is 5.91 Å². The van der Waals surface area contributed by atoms with Gasteiger partial charge < -0.3 is 10.1 Å². The van der Waals surface area contributed by atoms with Gasteiger partial charge in [-0.1, -0.05) is 29.8 Å². The third-order valence-corrected chi connectivity index (χ3v) is 4.85. The van der Waals surface area contributed by atoms with Gasteiger partial charge in [-0.15, -0.1) is 0 Å². The molecule has 0 radical (unpaired) electrons. The second kappa shape index (κ2) is 8.80. The Hall–Kier alpha value is -2.69. The molecular weight excluding hydrogens is 340 g/mol. The molecule has 0 saturated heterocycles. The fourth-order valence-electron chi connectivity index (χ4n) is 3.38. The Morgan fingerprint density at radius 2 is 2.07 bits per heavy atom. The number of pyridine rings is 1. The van der Waals surface area contributed by atoms with Crippen LogP contribution in [-0.2, 0) is 9.53 Å². The molecule has 1 aromatic heterocycles.